The van der Waals surface area contributed by atoms with Crippen LogP contribution in [-0.4, -0.2) is 25.3 Å². The van der Waals surface area contributed by atoms with Gasteiger partial charge < -0.3 is 14.7 Å². The highest BCUT2D eigenvalue weighted by molar-refractivity contribution is 7.71. The van der Waals surface area contributed by atoms with Gasteiger partial charge in [-0.3, -0.25) is 9.13 Å². The molecular formula is C6H16O7P2. The van der Waals surface area contributed by atoms with Gasteiger partial charge in [-0.25, -0.2) is 5.26 Å². The van der Waals surface area contributed by atoms with Crippen LogP contribution in [0.2, 0.25) is 0 Å². The Hall–Kier alpha value is 0.260. The molecule has 0 aliphatic rings. The predicted octanol–water partition coefficient (Wildman–Crippen LogP) is 1.75. The molecular weight excluding hydrogens is 246 g/mol. The fourth-order valence-electron chi connectivity index (χ4n) is 1.15. The standard InChI is InChI=1S/C6H16O7P2/c1-2-3-4-5-6(14(8,9)10)15(11,12)13-7/h6-7H,2-5H2,1H3,(H,11,12)(H2,8,9,10). The van der Waals surface area contributed by atoms with Gasteiger partial charge in [0.1, 0.15) is 0 Å². The maximum atomic E-state index is 11.1. The van der Waals surface area contributed by atoms with Crippen molar-refractivity contribution in [2.45, 2.75) is 38.0 Å². The van der Waals surface area contributed by atoms with E-state index in [-0.39, 0.29) is 6.42 Å². The first-order chi connectivity index (χ1) is 6.75. The lowest BCUT2D eigenvalue weighted by Crippen LogP contribution is -2.10. The van der Waals surface area contributed by atoms with Crippen molar-refractivity contribution in [1.29, 1.82) is 0 Å². The van der Waals surface area contributed by atoms with Crippen molar-refractivity contribution in [3.05, 3.63) is 0 Å². The Labute approximate surface area is 87.7 Å². The monoisotopic (exact) mass is 262 g/mol. The van der Waals surface area contributed by atoms with E-state index < -0.39 is 20.6 Å². The van der Waals surface area contributed by atoms with E-state index in [4.69, 9.17) is 19.9 Å². The number of rotatable bonds is 7. The van der Waals surface area contributed by atoms with Gasteiger partial charge in [-0.2, -0.15) is 4.67 Å². The minimum Gasteiger partial charge on any atom is -0.324 e. The molecule has 0 spiro atoms. The molecule has 0 amide bonds. The van der Waals surface area contributed by atoms with Crippen LogP contribution in [0, 0.1) is 0 Å². The van der Waals surface area contributed by atoms with E-state index in [1.807, 2.05) is 6.92 Å². The molecule has 0 heterocycles. The molecule has 0 bridgehead atoms. The van der Waals surface area contributed by atoms with E-state index in [0.29, 0.717) is 12.8 Å². The average molecular weight is 262 g/mol. The first-order valence-corrected chi connectivity index (χ1v) is 7.79. The zero-order valence-corrected chi connectivity index (χ0v) is 10.1. The van der Waals surface area contributed by atoms with E-state index in [9.17, 15) is 9.13 Å². The summed E-state index contributed by atoms with van der Waals surface area (Å²) in [6, 6.07) is 0. The van der Waals surface area contributed by atoms with Crippen molar-refractivity contribution in [1.82, 2.24) is 0 Å². The van der Waals surface area contributed by atoms with Crippen LogP contribution in [-0.2, 0) is 13.8 Å². The summed E-state index contributed by atoms with van der Waals surface area (Å²) in [6.45, 7) is 1.88. The normalized spacial score (nSPS) is 18.5. The highest BCUT2D eigenvalue weighted by Gasteiger charge is 2.45. The Morgan fingerprint density at radius 1 is 1.20 bits per heavy atom. The average Bonchev–Trinajstić information content (AvgIpc) is 2.10. The predicted molar refractivity (Wildman–Crippen MR) is 53.5 cm³/mol. The summed E-state index contributed by atoms with van der Waals surface area (Å²) in [5, 5.41) is 6.28. The van der Waals surface area contributed by atoms with Gasteiger partial charge in [0.25, 0.3) is 0 Å². The summed E-state index contributed by atoms with van der Waals surface area (Å²) < 4.78 is 25.3. The van der Waals surface area contributed by atoms with Crippen LogP contribution < -0.4 is 0 Å². The fourth-order valence-corrected chi connectivity index (χ4v) is 3.94. The number of hydrogen-bond donors (Lipinski definition) is 4. The van der Waals surface area contributed by atoms with E-state index in [1.54, 1.807) is 0 Å². The van der Waals surface area contributed by atoms with Gasteiger partial charge in [0.15, 0.2) is 5.40 Å². The first-order valence-electron chi connectivity index (χ1n) is 4.46. The summed E-state index contributed by atoms with van der Waals surface area (Å²) >= 11 is 0. The first kappa shape index (κ1) is 15.3. The quantitative estimate of drug-likeness (QED) is 0.238. The molecule has 0 aromatic carbocycles. The molecule has 4 N–H and O–H groups in total. The van der Waals surface area contributed by atoms with Gasteiger partial charge in [0.05, 0.1) is 0 Å². The van der Waals surface area contributed by atoms with Gasteiger partial charge >= 0.3 is 15.2 Å². The zero-order chi connectivity index (χ0) is 12.1. The second-order valence-electron chi connectivity index (χ2n) is 3.21. The molecule has 0 saturated heterocycles. The van der Waals surface area contributed by atoms with Gasteiger partial charge in [-0.1, -0.05) is 26.2 Å². The van der Waals surface area contributed by atoms with E-state index in [0.717, 1.165) is 6.42 Å². The minimum absolute atomic E-state index is 0.160. The summed E-state index contributed by atoms with van der Waals surface area (Å²) in [4.78, 5) is 26.7. The Bertz CT molecular complexity index is 273. The zero-order valence-electron chi connectivity index (χ0n) is 8.31. The van der Waals surface area contributed by atoms with E-state index in [1.165, 1.54) is 0 Å². The Kier molecular flexibility index (Phi) is 6.21. The largest absolute Gasteiger partial charge is 0.370 e. The van der Waals surface area contributed by atoms with Crippen LogP contribution >= 0.6 is 15.2 Å². The van der Waals surface area contributed by atoms with Crippen LogP contribution in [0.4, 0.5) is 0 Å². The summed E-state index contributed by atoms with van der Waals surface area (Å²) in [5.74, 6) is 0. The maximum Gasteiger partial charge on any atom is 0.370 e. The lowest BCUT2D eigenvalue weighted by Gasteiger charge is -2.20. The Morgan fingerprint density at radius 2 is 1.73 bits per heavy atom. The van der Waals surface area contributed by atoms with E-state index in [2.05, 4.69) is 4.67 Å². The smallest absolute Gasteiger partial charge is 0.324 e. The molecule has 0 aromatic heterocycles. The fraction of sp³-hybridized carbons (Fsp3) is 1.00. The van der Waals surface area contributed by atoms with Gasteiger partial charge in [-0.15, -0.1) is 0 Å². The molecule has 15 heavy (non-hydrogen) atoms. The topological polar surface area (TPSA) is 124 Å². The third-order valence-corrected chi connectivity index (χ3v) is 6.01. The van der Waals surface area contributed by atoms with Gasteiger partial charge in [-0.05, 0) is 6.42 Å². The molecule has 92 valence electrons. The highest BCUT2D eigenvalue weighted by atomic mass is 31.2. The highest BCUT2D eigenvalue weighted by Crippen LogP contribution is 2.64. The lowest BCUT2D eigenvalue weighted by molar-refractivity contribution is -0.146. The van der Waals surface area contributed by atoms with Crippen molar-refractivity contribution < 1.29 is 33.7 Å². The molecule has 0 rings (SSSR count). The SMILES string of the molecule is CCCCCC(P(=O)(O)O)P(=O)(O)OO. The molecule has 7 nitrogen and oxygen atoms in total. The summed E-state index contributed by atoms with van der Waals surface area (Å²) in [6.07, 6.45) is 1.72. The molecule has 0 aromatic rings. The second kappa shape index (κ2) is 6.11. The third-order valence-electron chi connectivity index (χ3n) is 1.95. The van der Waals surface area contributed by atoms with Crippen LogP contribution in [0.5, 0.6) is 0 Å². The van der Waals surface area contributed by atoms with Crippen molar-refractivity contribution in [3.8, 4) is 0 Å². The molecule has 0 fully saturated rings. The van der Waals surface area contributed by atoms with Crippen LogP contribution in [0.15, 0.2) is 0 Å². The molecule has 0 aliphatic carbocycles. The molecule has 0 saturated carbocycles. The van der Waals surface area contributed by atoms with Crippen molar-refractivity contribution >= 4 is 15.2 Å². The maximum absolute atomic E-state index is 11.1. The number of hydrogen-bond acceptors (Lipinski definition) is 4. The minimum atomic E-state index is -4.75. The van der Waals surface area contributed by atoms with Crippen molar-refractivity contribution in [2.24, 2.45) is 0 Å². The molecule has 0 aliphatic heterocycles. The van der Waals surface area contributed by atoms with Gasteiger partial charge in [0, 0.05) is 0 Å². The van der Waals surface area contributed by atoms with E-state index >= 15 is 0 Å². The van der Waals surface area contributed by atoms with Crippen LogP contribution in [0.25, 0.3) is 0 Å². The molecule has 0 radical (unpaired) electrons. The van der Waals surface area contributed by atoms with Gasteiger partial charge in [0.2, 0.25) is 0 Å². The lowest BCUT2D eigenvalue weighted by atomic mass is 10.2. The Morgan fingerprint density at radius 3 is 2.07 bits per heavy atom. The number of unbranched alkanes of at least 4 members (excludes halogenated alkanes) is 2. The third kappa shape index (κ3) is 5.22. The molecule has 2 atom stereocenters. The molecule has 9 heteroatoms. The summed E-state index contributed by atoms with van der Waals surface area (Å²) in [7, 11) is -9.41. The Balaban J connectivity index is 4.62. The van der Waals surface area contributed by atoms with Crippen molar-refractivity contribution in [3.63, 3.8) is 0 Å². The van der Waals surface area contributed by atoms with Crippen LogP contribution in [0.1, 0.15) is 32.6 Å². The van der Waals surface area contributed by atoms with Crippen molar-refractivity contribution in [2.75, 3.05) is 0 Å². The summed E-state index contributed by atoms with van der Waals surface area (Å²) in [5.41, 5.74) is 0. The molecule has 2 unspecified atom stereocenters. The van der Waals surface area contributed by atoms with Crippen LogP contribution in [0.3, 0.4) is 0 Å². The second-order valence-corrected chi connectivity index (χ2v) is 7.34.